The quantitative estimate of drug-likeness (QED) is 0.840. The van der Waals surface area contributed by atoms with E-state index in [0.717, 1.165) is 17.8 Å². The van der Waals surface area contributed by atoms with Gasteiger partial charge in [0.2, 0.25) is 0 Å². The van der Waals surface area contributed by atoms with Gasteiger partial charge in [-0.25, -0.2) is 9.37 Å². The molecule has 4 N–H and O–H groups in total. The molecule has 1 atom stereocenters. The molecule has 0 aliphatic rings. The maximum atomic E-state index is 13.5. The Morgan fingerprint density at radius 2 is 2.11 bits per heavy atom. The van der Waals surface area contributed by atoms with Crippen molar-refractivity contribution in [3.8, 4) is 0 Å². The topological polar surface area (TPSA) is 77.8 Å². The van der Waals surface area contributed by atoms with Gasteiger partial charge in [0.15, 0.2) is 0 Å². The largest absolute Gasteiger partial charge is 0.329 e. The second-order valence-corrected chi connectivity index (χ2v) is 5.24. The van der Waals surface area contributed by atoms with Crippen LogP contribution < -0.4 is 11.5 Å². The first-order chi connectivity index (χ1) is 9.19. The van der Waals surface area contributed by atoms with Crippen molar-refractivity contribution in [2.75, 3.05) is 6.54 Å². The van der Waals surface area contributed by atoms with Gasteiger partial charge in [-0.1, -0.05) is 18.2 Å². The van der Waals surface area contributed by atoms with Crippen LogP contribution in [-0.2, 0) is 12.8 Å². The molecule has 102 valence electrons. The fourth-order valence-corrected chi connectivity index (χ4v) is 2.37. The SMILES string of the molecule is NCC(N)CCc1nc(Cc2ccccc2F)ns1. The number of hydrogen-bond acceptors (Lipinski definition) is 5. The minimum absolute atomic E-state index is 0.00100. The number of aromatic nitrogens is 2. The molecule has 2 rings (SSSR count). The van der Waals surface area contributed by atoms with Crippen molar-refractivity contribution in [3.63, 3.8) is 0 Å². The molecule has 19 heavy (non-hydrogen) atoms. The first kappa shape index (κ1) is 14.0. The van der Waals surface area contributed by atoms with Gasteiger partial charge >= 0.3 is 0 Å². The van der Waals surface area contributed by atoms with Crippen LogP contribution >= 0.6 is 11.5 Å². The van der Waals surface area contributed by atoms with Crippen LogP contribution in [0, 0.1) is 5.82 Å². The molecule has 1 unspecified atom stereocenters. The molecule has 0 spiro atoms. The average Bonchev–Trinajstić information content (AvgIpc) is 2.86. The fourth-order valence-electron chi connectivity index (χ4n) is 1.70. The highest BCUT2D eigenvalue weighted by atomic mass is 32.1. The van der Waals surface area contributed by atoms with Crippen LogP contribution in [0.2, 0.25) is 0 Å². The Balaban J connectivity index is 1.96. The minimum Gasteiger partial charge on any atom is -0.329 e. The highest BCUT2D eigenvalue weighted by molar-refractivity contribution is 7.05. The molecule has 0 amide bonds. The summed E-state index contributed by atoms with van der Waals surface area (Å²) in [6, 6.07) is 6.68. The number of nitrogens with zero attached hydrogens (tertiary/aromatic N) is 2. The van der Waals surface area contributed by atoms with Crippen molar-refractivity contribution < 1.29 is 4.39 Å². The van der Waals surface area contributed by atoms with Gasteiger partial charge in [-0.3, -0.25) is 0 Å². The van der Waals surface area contributed by atoms with Crippen molar-refractivity contribution >= 4 is 11.5 Å². The summed E-state index contributed by atoms with van der Waals surface area (Å²) in [5.41, 5.74) is 11.8. The zero-order valence-corrected chi connectivity index (χ0v) is 11.4. The maximum Gasteiger partial charge on any atom is 0.147 e. The van der Waals surface area contributed by atoms with E-state index in [2.05, 4.69) is 9.36 Å². The van der Waals surface area contributed by atoms with E-state index in [9.17, 15) is 4.39 Å². The van der Waals surface area contributed by atoms with Crippen molar-refractivity contribution in [1.82, 2.24) is 9.36 Å². The molecule has 0 saturated heterocycles. The van der Waals surface area contributed by atoms with Crippen molar-refractivity contribution in [3.05, 3.63) is 46.5 Å². The van der Waals surface area contributed by atoms with Crippen LogP contribution in [0.5, 0.6) is 0 Å². The smallest absolute Gasteiger partial charge is 0.147 e. The van der Waals surface area contributed by atoms with E-state index in [1.807, 2.05) is 6.07 Å². The lowest BCUT2D eigenvalue weighted by molar-refractivity contribution is 0.611. The molecule has 0 aliphatic carbocycles. The third kappa shape index (κ3) is 4.05. The van der Waals surface area contributed by atoms with Gasteiger partial charge in [0.05, 0.1) is 0 Å². The molecular formula is C13H17FN4S. The number of rotatable bonds is 6. The Morgan fingerprint density at radius 1 is 1.32 bits per heavy atom. The van der Waals surface area contributed by atoms with Gasteiger partial charge in [0.1, 0.15) is 16.6 Å². The molecule has 0 radical (unpaired) electrons. The second kappa shape index (κ2) is 6.70. The normalized spacial score (nSPS) is 12.6. The molecule has 0 fully saturated rings. The monoisotopic (exact) mass is 280 g/mol. The van der Waals surface area contributed by atoms with E-state index in [-0.39, 0.29) is 11.9 Å². The summed E-state index contributed by atoms with van der Waals surface area (Å²) < 4.78 is 17.7. The molecule has 1 heterocycles. The first-order valence-corrected chi connectivity index (χ1v) is 6.97. The van der Waals surface area contributed by atoms with Crippen molar-refractivity contribution in [2.45, 2.75) is 25.3 Å². The van der Waals surface area contributed by atoms with Crippen LogP contribution in [0.4, 0.5) is 4.39 Å². The zero-order chi connectivity index (χ0) is 13.7. The Morgan fingerprint density at radius 3 is 2.84 bits per heavy atom. The second-order valence-electron chi connectivity index (χ2n) is 4.41. The predicted octanol–water partition coefficient (Wildman–Crippen LogP) is 1.49. The summed E-state index contributed by atoms with van der Waals surface area (Å²) in [5, 5.41) is 0.926. The van der Waals surface area contributed by atoms with Crippen molar-refractivity contribution in [1.29, 1.82) is 0 Å². The molecule has 1 aromatic heterocycles. The van der Waals surface area contributed by atoms with Crippen molar-refractivity contribution in [2.24, 2.45) is 11.5 Å². The van der Waals surface area contributed by atoms with Crippen LogP contribution in [0.1, 0.15) is 22.8 Å². The summed E-state index contributed by atoms with van der Waals surface area (Å²) in [5.74, 6) is 0.440. The molecule has 0 saturated carbocycles. The number of hydrogen-bond donors (Lipinski definition) is 2. The summed E-state index contributed by atoms with van der Waals surface area (Å²) in [7, 11) is 0. The van der Waals surface area contributed by atoms with E-state index in [4.69, 9.17) is 11.5 Å². The predicted molar refractivity (Wildman–Crippen MR) is 74.5 cm³/mol. The van der Waals surface area contributed by atoms with E-state index in [1.54, 1.807) is 12.1 Å². The zero-order valence-electron chi connectivity index (χ0n) is 10.6. The maximum absolute atomic E-state index is 13.5. The lowest BCUT2D eigenvalue weighted by Crippen LogP contribution is -2.29. The molecule has 2 aromatic rings. The van der Waals surface area contributed by atoms with Crippen LogP contribution in [0.3, 0.4) is 0 Å². The Labute approximate surface area is 115 Å². The van der Waals surface area contributed by atoms with Crippen LogP contribution in [0.15, 0.2) is 24.3 Å². The number of benzene rings is 1. The van der Waals surface area contributed by atoms with Crippen LogP contribution in [0.25, 0.3) is 0 Å². The average molecular weight is 280 g/mol. The summed E-state index contributed by atoms with van der Waals surface area (Å²) in [4.78, 5) is 4.40. The van der Waals surface area contributed by atoms with E-state index < -0.39 is 0 Å². The Hall–Kier alpha value is -1.37. The molecule has 6 heteroatoms. The summed E-state index contributed by atoms with van der Waals surface area (Å²) >= 11 is 1.35. The van der Waals surface area contributed by atoms with E-state index in [0.29, 0.717) is 24.4 Å². The lowest BCUT2D eigenvalue weighted by Gasteiger charge is -2.05. The minimum atomic E-state index is -0.219. The fraction of sp³-hybridized carbons (Fsp3) is 0.385. The Bertz CT molecular complexity index is 529. The molecule has 0 bridgehead atoms. The van der Waals surface area contributed by atoms with Gasteiger partial charge < -0.3 is 11.5 Å². The summed E-state index contributed by atoms with van der Waals surface area (Å²) in [6.07, 6.45) is 1.99. The molecule has 4 nitrogen and oxygen atoms in total. The first-order valence-electron chi connectivity index (χ1n) is 6.19. The van der Waals surface area contributed by atoms with Crippen LogP contribution in [-0.4, -0.2) is 21.9 Å². The van der Waals surface area contributed by atoms with Gasteiger partial charge in [-0.15, -0.1) is 0 Å². The molecule has 0 aliphatic heterocycles. The van der Waals surface area contributed by atoms with Gasteiger partial charge in [-0.2, -0.15) is 4.37 Å². The number of aryl methyl sites for hydroxylation is 1. The van der Waals surface area contributed by atoms with Gasteiger partial charge in [0, 0.05) is 25.4 Å². The third-order valence-corrected chi connectivity index (χ3v) is 3.66. The number of nitrogens with two attached hydrogens (primary N) is 2. The molecular weight excluding hydrogens is 263 g/mol. The highest BCUT2D eigenvalue weighted by Crippen LogP contribution is 2.14. The van der Waals surface area contributed by atoms with Gasteiger partial charge in [0.25, 0.3) is 0 Å². The summed E-state index contributed by atoms with van der Waals surface area (Å²) in [6.45, 7) is 0.473. The van der Waals surface area contributed by atoms with Gasteiger partial charge in [-0.05, 0) is 29.6 Å². The Kier molecular flexibility index (Phi) is 4.95. The molecule has 1 aromatic carbocycles. The lowest BCUT2D eigenvalue weighted by atomic mass is 10.1. The van der Waals surface area contributed by atoms with E-state index in [1.165, 1.54) is 17.6 Å². The highest BCUT2D eigenvalue weighted by Gasteiger charge is 2.09. The standard InChI is InChI=1S/C13H17FN4S/c14-11-4-2-1-3-9(11)7-12-17-13(19-18-12)6-5-10(16)8-15/h1-4,10H,5-8,15-16H2. The van der Waals surface area contributed by atoms with E-state index >= 15 is 0 Å². The third-order valence-electron chi connectivity index (χ3n) is 2.85. The number of halogens is 1.